The van der Waals surface area contributed by atoms with Crippen molar-refractivity contribution in [3.8, 4) is 5.75 Å². The van der Waals surface area contributed by atoms with Crippen molar-refractivity contribution in [3.05, 3.63) is 28.8 Å². The van der Waals surface area contributed by atoms with Crippen molar-refractivity contribution in [2.45, 2.75) is 33.2 Å². The molecule has 1 fully saturated rings. The van der Waals surface area contributed by atoms with Gasteiger partial charge in [0.25, 0.3) is 0 Å². The Bertz CT molecular complexity index is 411. The molecule has 2 N–H and O–H groups in total. The van der Waals surface area contributed by atoms with Crippen molar-refractivity contribution in [1.29, 1.82) is 0 Å². The van der Waals surface area contributed by atoms with Crippen molar-refractivity contribution in [2.24, 2.45) is 5.92 Å². The molecule has 0 aromatic heterocycles. The van der Waals surface area contributed by atoms with Crippen LogP contribution in [0.5, 0.6) is 5.75 Å². The predicted molar refractivity (Wildman–Crippen MR) is 79.8 cm³/mol. The van der Waals surface area contributed by atoms with Crippen LogP contribution in [0.2, 0.25) is 0 Å². The van der Waals surface area contributed by atoms with Crippen LogP contribution in [0.1, 0.15) is 29.5 Å². The van der Waals surface area contributed by atoms with E-state index in [1.807, 2.05) is 0 Å². The Morgan fingerprint density at radius 2 is 2.21 bits per heavy atom. The lowest BCUT2D eigenvalue weighted by molar-refractivity contribution is 0.357. The molecule has 0 bridgehead atoms. The van der Waals surface area contributed by atoms with Crippen LogP contribution >= 0.6 is 0 Å². The highest BCUT2D eigenvalue weighted by molar-refractivity contribution is 5.42. The molecule has 0 saturated carbocycles. The van der Waals surface area contributed by atoms with Gasteiger partial charge in [0.05, 0.1) is 7.11 Å². The van der Waals surface area contributed by atoms with Crippen molar-refractivity contribution in [2.75, 3.05) is 26.7 Å². The fraction of sp³-hybridized carbons (Fsp3) is 0.625. The highest BCUT2D eigenvalue weighted by Crippen LogP contribution is 2.24. The second-order valence-electron chi connectivity index (χ2n) is 5.61. The lowest BCUT2D eigenvalue weighted by Crippen LogP contribution is -2.35. The van der Waals surface area contributed by atoms with Crippen LogP contribution in [0.4, 0.5) is 0 Å². The van der Waals surface area contributed by atoms with E-state index in [1.165, 1.54) is 36.1 Å². The number of nitrogens with one attached hydrogen (secondary N) is 2. The molecule has 1 aromatic carbocycles. The summed E-state index contributed by atoms with van der Waals surface area (Å²) < 4.78 is 5.50. The zero-order chi connectivity index (χ0) is 13.7. The number of rotatable bonds is 5. The van der Waals surface area contributed by atoms with Gasteiger partial charge in [-0.15, -0.1) is 0 Å². The molecule has 0 amide bonds. The van der Waals surface area contributed by atoms with Crippen LogP contribution in [0.15, 0.2) is 12.1 Å². The Hall–Kier alpha value is -1.06. The van der Waals surface area contributed by atoms with Gasteiger partial charge in [0.1, 0.15) is 5.75 Å². The summed E-state index contributed by atoms with van der Waals surface area (Å²) in [6, 6.07) is 4.34. The molecule has 1 heterocycles. The molecule has 106 valence electrons. The number of benzene rings is 1. The Morgan fingerprint density at radius 3 is 2.89 bits per heavy atom. The van der Waals surface area contributed by atoms with Crippen LogP contribution in [-0.4, -0.2) is 26.7 Å². The molecule has 1 unspecified atom stereocenters. The number of aryl methyl sites for hydroxylation is 2. The molecule has 3 heteroatoms. The molecule has 0 aliphatic carbocycles. The van der Waals surface area contributed by atoms with E-state index >= 15 is 0 Å². The van der Waals surface area contributed by atoms with E-state index in [-0.39, 0.29) is 0 Å². The maximum absolute atomic E-state index is 5.50. The van der Waals surface area contributed by atoms with Gasteiger partial charge in [-0.2, -0.15) is 0 Å². The molecular formula is C16H26N2O. The maximum Gasteiger partial charge on any atom is 0.123 e. The third-order valence-electron chi connectivity index (χ3n) is 3.93. The minimum Gasteiger partial charge on any atom is -0.496 e. The Kier molecular flexibility index (Phi) is 5.23. The van der Waals surface area contributed by atoms with Crippen LogP contribution < -0.4 is 15.4 Å². The minimum absolute atomic E-state index is 0.769. The first-order valence-corrected chi connectivity index (χ1v) is 7.26. The van der Waals surface area contributed by atoms with E-state index in [2.05, 4.69) is 36.6 Å². The highest BCUT2D eigenvalue weighted by atomic mass is 16.5. The molecule has 3 nitrogen and oxygen atoms in total. The number of hydrogen-bond donors (Lipinski definition) is 2. The second-order valence-corrected chi connectivity index (χ2v) is 5.61. The number of piperidine rings is 1. The van der Waals surface area contributed by atoms with Crippen LogP contribution in [-0.2, 0) is 6.54 Å². The summed E-state index contributed by atoms with van der Waals surface area (Å²) in [4.78, 5) is 0. The van der Waals surface area contributed by atoms with E-state index < -0.39 is 0 Å². The molecule has 1 aliphatic heterocycles. The van der Waals surface area contributed by atoms with Gasteiger partial charge in [0.15, 0.2) is 0 Å². The topological polar surface area (TPSA) is 33.3 Å². The first kappa shape index (κ1) is 14.4. The predicted octanol–water partition coefficient (Wildman–Crippen LogP) is 2.40. The second kappa shape index (κ2) is 6.92. The quantitative estimate of drug-likeness (QED) is 0.855. The number of ether oxygens (including phenoxy) is 1. The standard InChI is InChI=1S/C16H26N2O/c1-12-7-13(2)15(16(8-12)19-3)11-18-10-14-5-4-6-17-9-14/h7-8,14,17-18H,4-6,9-11H2,1-3H3. The van der Waals surface area contributed by atoms with Gasteiger partial charge in [-0.3, -0.25) is 0 Å². The summed E-state index contributed by atoms with van der Waals surface area (Å²) in [5.74, 6) is 1.78. The first-order chi connectivity index (χ1) is 9.20. The van der Waals surface area contributed by atoms with Crippen LogP contribution in [0, 0.1) is 19.8 Å². The largest absolute Gasteiger partial charge is 0.496 e. The van der Waals surface area contributed by atoms with Crippen LogP contribution in [0.25, 0.3) is 0 Å². The molecule has 2 rings (SSSR count). The third-order valence-corrected chi connectivity index (χ3v) is 3.93. The Balaban J connectivity index is 1.91. The summed E-state index contributed by atoms with van der Waals surface area (Å²) >= 11 is 0. The summed E-state index contributed by atoms with van der Waals surface area (Å²) in [7, 11) is 1.75. The number of methoxy groups -OCH3 is 1. The van der Waals surface area contributed by atoms with Gasteiger partial charge in [-0.05, 0) is 69.4 Å². The molecule has 19 heavy (non-hydrogen) atoms. The van der Waals surface area contributed by atoms with E-state index in [0.29, 0.717) is 0 Å². The van der Waals surface area contributed by atoms with Gasteiger partial charge < -0.3 is 15.4 Å². The maximum atomic E-state index is 5.50. The van der Waals surface area contributed by atoms with Gasteiger partial charge >= 0.3 is 0 Å². The lowest BCUT2D eigenvalue weighted by Gasteiger charge is -2.23. The SMILES string of the molecule is COc1cc(C)cc(C)c1CNCC1CCCNC1. The zero-order valence-corrected chi connectivity index (χ0v) is 12.4. The first-order valence-electron chi connectivity index (χ1n) is 7.26. The van der Waals surface area contributed by atoms with Crippen molar-refractivity contribution in [1.82, 2.24) is 10.6 Å². The van der Waals surface area contributed by atoms with Crippen molar-refractivity contribution in [3.63, 3.8) is 0 Å². The van der Waals surface area contributed by atoms with Crippen molar-refractivity contribution < 1.29 is 4.74 Å². The van der Waals surface area contributed by atoms with E-state index in [1.54, 1.807) is 7.11 Å². The smallest absolute Gasteiger partial charge is 0.123 e. The minimum atomic E-state index is 0.769. The molecule has 1 aliphatic rings. The average Bonchev–Trinajstić information content (AvgIpc) is 2.42. The van der Waals surface area contributed by atoms with Gasteiger partial charge in [-0.1, -0.05) is 6.07 Å². The fourth-order valence-corrected chi connectivity index (χ4v) is 2.87. The monoisotopic (exact) mass is 262 g/mol. The molecule has 1 aromatic rings. The van der Waals surface area contributed by atoms with Gasteiger partial charge in [-0.25, -0.2) is 0 Å². The summed E-state index contributed by atoms with van der Waals surface area (Å²) in [5, 5.41) is 7.05. The zero-order valence-electron chi connectivity index (χ0n) is 12.4. The van der Waals surface area contributed by atoms with E-state index in [0.717, 1.165) is 31.3 Å². The molecule has 0 spiro atoms. The molecule has 1 atom stereocenters. The van der Waals surface area contributed by atoms with Gasteiger partial charge in [0, 0.05) is 12.1 Å². The fourth-order valence-electron chi connectivity index (χ4n) is 2.87. The number of hydrogen-bond acceptors (Lipinski definition) is 3. The lowest BCUT2D eigenvalue weighted by atomic mass is 9.99. The molecule has 0 radical (unpaired) electrons. The Labute approximate surface area is 116 Å². The molecule has 1 saturated heterocycles. The normalized spacial score (nSPS) is 19.4. The summed E-state index contributed by atoms with van der Waals surface area (Å²) in [6.45, 7) is 8.59. The third kappa shape index (κ3) is 3.95. The summed E-state index contributed by atoms with van der Waals surface area (Å²) in [5.41, 5.74) is 3.86. The Morgan fingerprint density at radius 1 is 1.37 bits per heavy atom. The highest BCUT2D eigenvalue weighted by Gasteiger charge is 2.13. The van der Waals surface area contributed by atoms with E-state index in [9.17, 15) is 0 Å². The average molecular weight is 262 g/mol. The molecular weight excluding hydrogens is 236 g/mol. The van der Waals surface area contributed by atoms with E-state index in [4.69, 9.17) is 4.74 Å². The van der Waals surface area contributed by atoms with Crippen LogP contribution in [0.3, 0.4) is 0 Å². The van der Waals surface area contributed by atoms with Crippen molar-refractivity contribution >= 4 is 0 Å². The van der Waals surface area contributed by atoms with Gasteiger partial charge in [0.2, 0.25) is 0 Å². The summed E-state index contributed by atoms with van der Waals surface area (Å²) in [6.07, 6.45) is 2.64.